The molecule has 0 spiro atoms. The third-order valence-corrected chi connectivity index (χ3v) is 3.06. The van der Waals surface area contributed by atoms with Crippen LogP contribution in [-0.2, 0) is 14.2 Å². The van der Waals surface area contributed by atoms with Gasteiger partial charge >= 0.3 is 6.16 Å². The normalized spacial score (nSPS) is 29.9. The Morgan fingerprint density at radius 3 is 3.17 bits per heavy atom. The van der Waals surface area contributed by atoms with Crippen LogP contribution in [0.1, 0.15) is 6.42 Å². The molecule has 1 aromatic heterocycles. The van der Waals surface area contributed by atoms with Crippen molar-refractivity contribution in [1.82, 2.24) is 4.98 Å². The van der Waals surface area contributed by atoms with E-state index < -0.39 is 6.16 Å². The lowest BCUT2D eigenvalue weighted by Gasteiger charge is -2.14. The Morgan fingerprint density at radius 1 is 1.39 bits per heavy atom. The van der Waals surface area contributed by atoms with Crippen molar-refractivity contribution >= 4 is 6.16 Å². The quantitative estimate of drug-likeness (QED) is 0.739. The van der Waals surface area contributed by atoms with Gasteiger partial charge in [-0.05, 0) is 12.5 Å². The van der Waals surface area contributed by atoms with Crippen molar-refractivity contribution in [1.29, 1.82) is 0 Å². The number of aromatic nitrogens is 1. The molecule has 2 aliphatic rings. The monoisotopic (exact) mass is 251 g/mol. The summed E-state index contributed by atoms with van der Waals surface area (Å²) >= 11 is 0. The molecule has 0 aliphatic carbocycles. The van der Waals surface area contributed by atoms with Gasteiger partial charge < -0.3 is 18.9 Å². The SMILES string of the molecule is O=C(Oc1ccccn1)O[C@H]1COC2OCCC21. The fraction of sp³-hybridized carbons (Fsp3) is 0.500. The average Bonchev–Trinajstić information content (AvgIpc) is 2.95. The Bertz CT molecular complexity index is 424. The summed E-state index contributed by atoms with van der Waals surface area (Å²) in [5.41, 5.74) is 0. The number of ether oxygens (including phenoxy) is 4. The molecule has 0 saturated carbocycles. The molecule has 2 fully saturated rings. The molecule has 0 radical (unpaired) electrons. The number of hydrogen-bond donors (Lipinski definition) is 0. The molecule has 96 valence electrons. The maximum atomic E-state index is 11.6. The molecule has 2 unspecified atom stereocenters. The molecule has 1 aromatic rings. The Morgan fingerprint density at radius 2 is 2.33 bits per heavy atom. The van der Waals surface area contributed by atoms with Gasteiger partial charge in [0.1, 0.15) is 6.10 Å². The summed E-state index contributed by atoms with van der Waals surface area (Å²) in [5.74, 6) is 0.335. The smallest absolute Gasteiger partial charge is 0.428 e. The Hall–Kier alpha value is -1.66. The summed E-state index contributed by atoms with van der Waals surface area (Å²) in [5, 5.41) is 0. The van der Waals surface area contributed by atoms with Crippen molar-refractivity contribution in [3.8, 4) is 5.88 Å². The summed E-state index contributed by atoms with van der Waals surface area (Å²) in [7, 11) is 0. The fourth-order valence-corrected chi connectivity index (χ4v) is 2.19. The number of hydrogen-bond acceptors (Lipinski definition) is 6. The zero-order valence-electron chi connectivity index (χ0n) is 9.65. The van der Waals surface area contributed by atoms with Crippen LogP contribution in [0.5, 0.6) is 5.88 Å². The van der Waals surface area contributed by atoms with E-state index in [0.29, 0.717) is 13.2 Å². The lowest BCUT2D eigenvalue weighted by molar-refractivity contribution is -0.0907. The van der Waals surface area contributed by atoms with E-state index in [-0.39, 0.29) is 24.2 Å². The highest BCUT2D eigenvalue weighted by Crippen LogP contribution is 2.33. The zero-order chi connectivity index (χ0) is 12.4. The highest BCUT2D eigenvalue weighted by atomic mass is 16.8. The second kappa shape index (κ2) is 4.91. The molecular formula is C12H13NO5. The largest absolute Gasteiger partial charge is 0.515 e. The zero-order valence-corrected chi connectivity index (χ0v) is 9.65. The van der Waals surface area contributed by atoms with Crippen LogP contribution in [0.4, 0.5) is 4.79 Å². The first-order valence-electron chi connectivity index (χ1n) is 5.85. The lowest BCUT2D eigenvalue weighted by Crippen LogP contribution is -2.28. The van der Waals surface area contributed by atoms with E-state index in [0.717, 1.165) is 6.42 Å². The maximum Gasteiger partial charge on any atom is 0.515 e. The summed E-state index contributed by atoms with van der Waals surface area (Å²) in [6.07, 6.45) is 1.09. The first kappa shape index (κ1) is 11.4. The van der Waals surface area contributed by atoms with E-state index in [9.17, 15) is 4.79 Å². The standard InChI is InChI=1S/C12H13NO5/c14-12(18-10-3-1-2-5-13-10)17-9-7-16-11-8(9)4-6-15-11/h1-3,5,8-9,11H,4,6-7H2/t8?,9-,11?/m0/s1. The van der Waals surface area contributed by atoms with Crippen molar-refractivity contribution < 1.29 is 23.7 Å². The van der Waals surface area contributed by atoms with Gasteiger partial charge in [-0.2, -0.15) is 0 Å². The minimum absolute atomic E-state index is 0.112. The molecule has 3 rings (SSSR count). The summed E-state index contributed by atoms with van der Waals surface area (Å²) in [6.45, 7) is 0.997. The second-order valence-electron chi connectivity index (χ2n) is 4.20. The first-order valence-corrected chi connectivity index (χ1v) is 5.85. The van der Waals surface area contributed by atoms with Gasteiger partial charge in [0.25, 0.3) is 0 Å². The topological polar surface area (TPSA) is 66.9 Å². The lowest BCUT2D eigenvalue weighted by atomic mass is 10.0. The van der Waals surface area contributed by atoms with Gasteiger partial charge in [-0.1, -0.05) is 6.07 Å². The third kappa shape index (κ3) is 2.30. The fourth-order valence-electron chi connectivity index (χ4n) is 2.19. The molecule has 2 saturated heterocycles. The van der Waals surface area contributed by atoms with Crippen LogP contribution in [0.25, 0.3) is 0 Å². The van der Waals surface area contributed by atoms with Crippen LogP contribution < -0.4 is 4.74 Å². The van der Waals surface area contributed by atoms with Crippen molar-refractivity contribution in [2.45, 2.75) is 18.8 Å². The van der Waals surface area contributed by atoms with Crippen molar-refractivity contribution in [3.05, 3.63) is 24.4 Å². The highest BCUT2D eigenvalue weighted by Gasteiger charge is 2.44. The van der Waals surface area contributed by atoms with Gasteiger partial charge in [-0.15, -0.1) is 0 Å². The number of fused-ring (bicyclic) bond motifs is 1. The van der Waals surface area contributed by atoms with Gasteiger partial charge in [0, 0.05) is 12.3 Å². The Labute approximate surface area is 104 Å². The number of carbonyl (C=O) groups is 1. The number of nitrogens with zero attached hydrogens (tertiary/aromatic N) is 1. The predicted molar refractivity (Wildman–Crippen MR) is 58.9 cm³/mol. The molecule has 3 atom stereocenters. The first-order chi connectivity index (χ1) is 8.83. The van der Waals surface area contributed by atoms with Gasteiger partial charge in [-0.3, -0.25) is 0 Å². The highest BCUT2D eigenvalue weighted by molar-refractivity contribution is 5.63. The van der Waals surface area contributed by atoms with Crippen molar-refractivity contribution in [3.63, 3.8) is 0 Å². The van der Waals surface area contributed by atoms with Crippen LogP contribution in [0.15, 0.2) is 24.4 Å². The van der Waals surface area contributed by atoms with E-state index in [2.05, 4.69) is 4.98 Å². The van der Waals surface area contributed by atoms with Crippen LogP contribution in [-0.4, -0.2) is 36.7 Å². The Balaban J connectivity index is 1.55. The van der Waals surface area contributed by atoms with Gasteiger partial charge in [-0.25, -0.2) is 9.78 Å². The van der Waals surface area contributed by atoms with E-state index in [1.54, 1.807) is 24.4 Å². The van der Waals surface area contributed by atoms with E-state index >= 15 is 0 Å². The molecule has 0 amide bonds. The predicted octanol–water partition coefficient (Wildman–Crippen LogP) is 1.36. The van der Waals surface area contributed by atoms with Crippen LogP contribution in [0, 0.1) is 5.92 Å². The number of pyridine rings is 1. The number of carbonyl (C=O) groups excluding carboxylic acids is 1. The minimum Gasteiger partial charge on any atom is -0.428 e. The van der Waals surface area contributed by atoms with Crippen LogP contribution in [0.2, 0.25) is 0 Å². The summed E-state index contributed by atoms with van der Waals surface area (Å²) in [6, 6.07) is 5.06. The average molecular weight is 251 g/mol. The van der Waals surface area contributed by atoms with Gasteiger partial charge in [0.15, 0.2) is 6.29 Å². The molecule has 6 nitrogen and oxygen atoms in total. The minimum atomic E-state index is -0.755. The molecule has 6 heteroatoms. The summed E-state index contributed by atoms with van der Waals surface area (Å²) < 4.78 is 20.9. The molecule has 3 heterocycles. The summed E-state index contributed by atoms with van der Waals surface area (Å²) in [4.78, 5) is 15.5. The maximum absolute atomic E-state index is 11.6. The molecule has 0 bridgehead atoms. The molecular weight excluding hydrogens is 238 g/mol. The molecule has 18 heavy (non-hydrogen) atoms. The number of rotatable bonds is 2. The second-order valence-corrected chi connectivity index (χ2v) is 4.20. The van der Waals surface area contributed by atoms with E-state index in [1.807, 2.05) is 0 Å². The molecule has 0 N–H and O–H groups in total. The van der Waals surface area contributed by atoms with Crippen LogP contribution >= 0.6 is 0 Å². The molecule has 2 aliphatic heterocycles. The van der Waals surface area contributed by atoms with E-state index in [4.69, 9.17) is 18.9 Å². The molecule has 0 aromatic carbocycles. The van der Waals surface area contributed by atoms with Crippen molar-refractivity contribution in [2.75, 3.05) is 13.2 Å². The van der Waals surface area contributed by atoms with Gasteiger partial charge in [0.2, 0.25) is 5.88 Å². The third-order valence-electron chi connectivity index (χ3n) is 3.06. The van der Waals surface area contributed by atoms with Crippen molar-refractivity contribution in [2.24, 2.45) is 5.92 Å². The van der Waals surface area contributed by atoms with Crippen LogP contribution in [0.3, 0.4) is 0 Å². The van der Waals surface area contributed by atoms with Gasteiger partial charge in [0.05, 0.1) is 19.1 Å². The van der Waals surface area contributed by atoms with E-state index in [1.165, 1.54) is 0 Å². The Kier molecular flexibility index (Phi) is 3.12.